The minimum Gasteiger partial charge on any atom is -0.462 e. The fourth-order valence-corrected chi connectivity index (χ4v) is 9.80. The highest BCUT2D eigenvalue weighted by Gasteiger charge is 2.30. The van der Waals surface area contributed by atoms with Crippen molar-refractivity contribution in [3.63, 3.8) is 0 Å². The van der Waals surface area contributed by atoms with Gasteiger partial charge < -0.3 is 33.8 Å². The lowest BCUT2D eigenvalue weighted by Gasteiger charge is -2.21. The molecule has 17 nitrogen and oxygen atoms in total. The second kappa shape index (κ2) is 51.5. The minimum atomic E-state index is -4.93. The van der Waals surface area contributed by atoms with E-state index in [1.807, 2.05) is 0 Å². The molecule has 3 N–H and O–H groups in total. The van der Waals surface area contributed by atoms with Gasteiger partial charge in [0.2, 0.25) is 0 Å². The number of hydrogen-bond donors (Lipinski definition) is 3. The molecule has 0 aliphatic heterocycles. The van der Waals surface area contributed by atoms with E-state index in [0.717, 1.165) is 103 Å². The number of carbonyl (C=O) groups is 4. The van der Waals surface area contributed by atoms with Gasteiger partial charge in [-0.25, -0.2) is 9.13 Å². The van der Waals surface area contributed by atoms with Gasteiger partial charge in [0, 0.05) is 25.7 Å². The number of phosphoric ester groups is 2. The van der Waals surface area contributed by atoms with Crippen molar-refractivity contribution in [3.8, 4) is 0 Å². The number of hydrogen-bond acceptors (Lipinski definition) is 15. The van der Waals surface area contributed by atoms with Crippen molar-refractivity contribution >= 4 is 39.5 Å². The van der Waals surface area contributed by atoms with Crippen LogP contribution in [0.2, 0.25) is 0 Å². The van der Waals surface area contributed by atoms with Crippen molar-refractivity contribution in [1.29, 1.82) is 0 Å². The number of ether oxygens (including phenoxy) is 4. The monoisotopic (exact) mass is 1110 g/mol. The number of phosphoric acid groups is 2. The fraction of sp³-hybridized carbons (Fsp3) is 0.929. The highest BCUT2D eigenvalue weighted by molar-refractivity contribution is 7.47. The maximum atomic E-state index is 12.8. The van der Waals surface area contributed by atoms with Gasteiger partial charge in [0.1, 0.15) is 19.3 Å². The van der Waals surface area contributed by atoms with Gasteiger partial charge in [-0.3, -0.25) is 37.3 Å². The van der Waals surface area contributed by atoms with Crippen LogP contribution in [-0.2, 0) is 65.4 Å². The summed E-state index contributed by atoms with van der Waals surface area (Å²) in [6.45, 7) is 4.67. The molecule has 0 saturated carbocycles. The molecule has 444 valence electrons. The van der Waals surface area contributed by atoms with E-state index >= 15 is 0 Å². The lowest BCUT2D eigenvalue weighted by atomic mass is 10.0. The highest BCUT2D eigenvalue weighted by Crippen LogP contribution is 2.45. The average Bonchev–Trinajstić information content (AvgIpc) is 3.38. The molecule has 2 unspecified atom stereocenters. The standard InChI is InChI=1S/C56H108O17P2/c1-5-9-13-17-20-22-23-24-25-26-27-29-31-35-39-43-56(61)73-51(46-66-53(58)40-36-32-16-12-8-4)48-70-74(62,63)68-44-50(57)45-69-75(64,65)71-49-52(72-55(60)42-38-33-19-15-11-7-3)47-67-54(59)41-37-34-30-28-21-18-14-10-6-2/h50-52,57H,5-49H2,1-4H3,(H,62,63)(H,64,65)/t50-,51-,52-/m1/s1. The zero-order chi connectivity index (χ0) is 55.5. The summed E-state index contributed by atoms with van der Waals surface area (Å²) in [5.41, 5.74) is 0. The summed E-state index contributed by atoms with van der Waals surface area (Å²) in [5, 5.41) is 10.4. The van der Waals surface area contributed by atoms with E-state index in [1.165, 1.54) is 96.3 Å². The summed E-state index contributed by atoms with van der Waals surface area (Å²) in [5.74, 6) is -2.16. The first-order valence-electron chi connectivity index (χ1n) is 29.8. The number of unbranched alkanes of at least 4 members (excludes halogenated alkanes) is 31. The van der Waals surface area contributed by atoms with Gasteiger partial charge in [0.25, 0.3) is 0 Å². The Hall–Kier alpha value is -1.94. The molecular weight excluding hydrogens is 1010 g/mol. The smallest absolute Gasteiger partial charge is 0.462 e. The molecule has 0 aromatic heterocycles. The number of aliphatic hydroxyl groups is 1. The predicted molar refractivity (Wildman–Crippen MR) is 294 cm³/mol. The molecule has 5 atom stereocenters. The van der Waals surface area contributed by atoms with Crippen LogP contribution in [0.3, 0.4) is 0 Å². The molecule has 0 aliphatic rings. The Kier molecular flexibility index (Phi) is 50.2. The maximum Gasteiger partial charge on any atom is 0.472 e. The zero-order valence-corrected chi connectivity index (χ0v) is 49.3. The fourth-order valence-electron chi connectivity index (χ4n) is 8.22. The quantitative estimate of drug-likeness (QED) is 0.0222. The van der Waals surface area contributed by atoms with E-state index in [-0.39, 0.29) is 25.7 Å². The van der Waals surface area contributed by atoms with Crippen molar-refractivity contribution in [2.24, 2.45) is 0 Å². The molecule has 0 radical (unpaired) electrons. The molecule has 0 saturated heterocycles. The summed E-state index contributed by atoms with van der Waals surface area (Å²) >= 11 is 0. The molecule has 0 aliphatic carbocycles. The van der Waals surface area contributed by atoms with Crippen LogP contribution in [0.5, 0.6) is 0 Å². The van der Waals surface area contributed by atoms with Gasteiger partial charge in [-0.15, -0.1) is 0 Å². The Labute approximate surface area is 454 Å². The Bertz CT molecular complexity index is 1470. The van der Waals surface area contributed by atoms with Crippen LogP contribution < -0.4 is 0 Å². The van der Waals surface area contributed by atoms with E-state index in [1.54, 1.807) is 0 Å². The molecule has 0 aromatic carbocycles. The van der Waals surface area contributed by atoms with Crippen molar-refractivity contribution in [2.45, 2.75) is 296 Å². The topological polar surface area (TPSA) is 237 Å². The lowest BCUT2D eigenvalue weighted by molar-refractivity contribution is -0.161. The summed E-state index contributed by atoms with van der Waals surface area (Å²) in [6, 6.07) is 0. The SMILES string of the molecule is CCCCCCCCCCCCCCCCCC(=O)O[C@H](COC(=O)CCCCCCC)COP(=O)(O)OC[C@@H](O)COP(=O)(O)OC[C@@H](COC(=O)CCCCCCCCCCC)OC(=O)CCCCCCCC. The third-order valence-corrected chi connectivity index (χ3v) is 14.8. The molecule has 75 heavy (non-hydrogen) atoms. The first kappa shape index (κ1) is 73.1. The lowest BCUT2D eigenvalue weighted by Crippen LogP contribution is -2.30. The van der Waals surface area contributed by atoms with E-state index in [4.69, 9.17) is 37.0 Å². The van der Waals surface area contributed by atoms with Crippen LogP contribution >= 0.6 is 15.6 Å². The van der Waals surface area contributed by atoms with Gasteiger partial charge in [0.15, 0.2) is 12.2 Å². The maximum absolute atomic E-state index is 12.8. The first-order valence-corrected chi connectivity index (χ1v) is 32.8. The third kappa shape index (κ3) is 51.3. The number of rotatable bonds is 57. The molecule has 0 rings (SSSR count). The van der Waals surface area contributed by atoms with Gasteiger partial charge in [-0.05, 0) is 25.7 Å². The molecule has 0 amide bonds. The summed E-state index contributed by atoms with van der Waals surface area (Å²) in [7, 11) is -9.85. The molecule has 19 heteroatoms. The molecular formula is C56H108O17P2. The van der Waals surface area contributed by atoms with E-state index < -0.39 is 97.5 Å². The van der Waals surface area contributed by atoms with Gasteiger partial charge >= 0.3 is 39.5 Å². The van der Waals surface area contributed by atoms with Crippen molar-refractivity contribution < 1.29 is 80.2 Å². The van der Waals surface area contributed by atoms with Gasteiger partial charge in [-0.2, -0.15) is 0 Å². The van der Waals surface area contributed by atoms with E-state index in [9.17, 15) is 43.2 Å². The normalized spacial score (nSPS) is 14.4. The first-order chi connectivity index (χ1) is 36.2. The van der Waals surface area contributed by atoms with Crippen LogP contribution in [0.25, 0.3) is 0 Å². The third-order valence-electron chi connectivity index (χ3n) is 12.9. The Morgan fingerprint density at radius 2 is 0.533 bits per heavy atom. The summed E-state index contributed by atoms with van der Waals surface area (Å²) < 4.78 is 67.3. The Morgan fingerprint density at radius 1 is 0.320 bits per heavy atom. The Balaban J connectivity index is 5.07. The second-order valence-electron chi connectivity index (χ2n) is 20.3. The molecule has 0 bridgehead atoms. The van der Waals surface area contributed by atoms with E-state index in [0.29, 0.717) is 25.7 Å². The molecule has 0 aromatic rings. The number of carbonyl (C=O) groups excluding carboxylic acids is 4. The van der Waals surface area contributed by atoms with Crippen molar-refractivity contribution in [2.75, 3.05) is 39.6 Å². The second-order valence-corrected chi connectivity index (χ2v) is 23.2. The molecule has 0 spiro atoms. The van der Waals surface area contributed by atoms with Crippen LogP contribution in [0, 0.1) is 0 Å². The van der Waals surface area contributed by atoms with Crippen LogP contribution in [0.15, 0.2) is 0 Å². The van der Waals surface area contributed by atoms with Crippen LogP contribution in [0.1, 0.15) is 278 Å². The number of esters is 4. The van der Waals surface area contributed by atoms with Crippen molar-refractivity contribution in [1.82, 2.24) is 0 Å². The van der Waals surface area contributed by atoms with Gasteiger partial charge in [-0.1, -0.05) is 227 Å². The van der Waals surface area contributed by atoms with E-state index in [2.05, 4.69) is 27.7 Å². The zero-order valence-electron chi connectivity index (χ0n) is 47.5. The largest absolute Gasteiger partial charge is 0.472 e. The predicted octanol–water partition coefficient (Wildman–Crippen LogP) is 14.8. The average molecular weight is 1120 g/mol. The minimum absolute atomic E-state index is 0.102. The van der Waals surface area contributed by atoms with Crippen molar-refractivity contribution in [3.05, 3.63) is 0 Å². The van der Waals surface area contributed by atoms with Crippen LogP contribution in [0.4, 0.5) is 0 Å². The van der Waals surface area contributed by atoms with Crippen LogP contribution in [-0.4, -0.2) is 96.7 Å². The number of aliphatic hydroxyl groups excluding tert-OH is 1. The highest BCUT2D eigenvalue weighted by atomic mass is 31.2. The van der Waals surface area contributed by atoms with Gasteiger partial charge in [0.05, 0.1) is 26.4 Å². The molecule has 0 fully saturated rings. The summed E-state index contributed by atoms with van der Waals surface area (Å²) in [6.07, 6.45) is 34.1. The summed E-state index contributed by atoms with van der Waals surface area (Å²) in [4.78, 5) is 71.3. The Morgan fingerprint density at radius 3 is 0.787 bits per heavy atom. The molecule has 0 heterocycles.